The molecule has 0 fully saturated rings. The van der Waals surface area contributed by atoms with Gasteiger partial charge < -0.3 is 5.11 Å². The Morgan fingerprint density at radius 2 is 1.78 bits per heavy atom. The standard InChI is InChI=1S/C15H14F3N3O5S/c1-9-8-12(15(16,17)18)19-21(9)10-2-4-11(5-3-10)27(25,26)20-13(22)6-7-14(23)24/h2-5,8H,6-7H2,1H3,(H,20,22)(H,23,24). The summed E-state index contributed by atoms with van der Waals surface area (Å²) in [5, 5.41) is 11.9. The van der Waals surface area contributed by atoms with Crippen LogP contribution >= 0.6 is 0 Å². The highest BCUT2D eigenvalue weighted by molar-refractivity contribution is 7.90. The Hall–Kier alpha value is -2.89. The third-order valence-corrected chi connectivity index (χ3v) is 4.77. The topological polar surface area (TPSA) is 118 Å². The quantitative estimate of drug-likeness (QED) is 0.758. The first-order chi connectivity index (χ1) is 12.4. The number of rotatable bonds is 6. The first-order valence-electron chi connectivity index (χ1n) is 7.42. The van der Waals surface area contributed by atoms with Crippen molar-refractivity contribution >= 4 is 21.9 Å². The second-order valence-corrected chi connectivity index (χ2v) is 7.18. The molecule has 0 atom stereocenters. The molecule has 2 rings (SSSR count). The van der Waals surface area contributed by atoms with Crippen molar-refractivity contribution in [2.45, 2.75) is 30.8 Å². The summed E-state index contributed by atoms with van der Waals surface area (Å²) in [4.78, 5) is 21.6. The predicted molar refractivity (Wildman–Crippen MR) is 85.5 cm³/mol. The Balaban J connectivity index is 2.21. The molecule has 1 aromatic carbocycles. The summed E-state index contributed by atoms with van der Waals surface area (Å²) < 4.78 is 65.1. The van der Waals surface area contributed by atoms with E-state index in [0.717, 1.165) is 22.9 Å². The van der Waals surface area contributed by atoms with Gasteiger partial charge >= 0.3 is 12.1 Å². The first kappa shape index (κ1) is 20.4. The van der Waals surface area contributed by atoms with Crippen molar-refractivity contribution in [2.75, 3.05) is 0 Å². The third kappa shape index (κ3) is 5.06. The van der Waals surface area contributed by atoms with E-state index < -0.39 is 46.6 Å². The van der Waals surface area contributed by atoms with Gasteiger partial charge in [0.15, 0.2) is 5.69 Å². The van der Waals surface area contributed by atoms with E-state index in [1.54, 1.807) is 4.72 Å². The Bertz CT molecular complexity index is 966. The summed E-state index contributed by atoms with van der Waals surface area (Å²) in [5.41, 5.74) is -0.693. The molecule has 1 aromatic heterocycles. The number of nitrogens with one attached hydrogen (secondary N) is 1. The number of nitrogens with zero attached hydrogens (tertiary/aromatic N) is 2. The number of halogens is 3. The number of aryl methyl sites for hydroxylation is 1. The number of alkyl halides is 3. The van der Waals surface area contributed by atoms with Crippen molar-refractivity contribution in [3.05, 3.63) is 41.7 Å². The lowest BCUT2D eigenvalue weighted by atomic mass is 10.3. The zero-order chi connectivity index (χ0) is 20.4. The summed E-state index contributed by atoms with van der Waals surface area (Å²) in [6.45, 7) is 1.41. The van der Waals surface area contributed by atoms with Crippen LogP contribution < -0.4 is 4.72 Å². The fourth-order valence-corrected chi connectivity index (χ4v) is 3.14. The number of carbonyl (C=O) groups is 2. The number of carboxylic acids is 1. The van der Waals surface area contributed by atoms with Gasteiger partial charge in [-0.05, 0) is 37.3 Å². The number of hydrogen-bond acceptors (Lipinski definition) is 5. The number of aromatic nitrogens is 2. The van der Waals surface area contributed by atoms with E-state index in [-0.39, 0.29) is 16.3 Å². The number of sulfonamides is 1. The average Bonchev–Trinajstić information content (AvgIpc) is 2.95. The summed E-state index contributed by atoms with van der Waals surface area (Å²) in [5.74, 6) is -2.24. The number of amides is 1. The van der Waals surface area contributed by atoms with Gasteiger partial charge in [-0.25, -0.2) is 17.8 Å². The summed E-state index contributed by atoms with van der Waals surface area (Å²) in [7, 11) is -4.24. The van der Waals surface area contributed by atoms with Crippen molar-refractivity contribution in [1.29, 1.82) is 0 Å². The Labute approximate surface area is 151 Å². The fraction of sp³-hybridized carbons (Fsp3) is 0.267. The maximum Gasteiger partial charge on any atom is 0.435 e. The van der Waals surface area contributed by atoms with E-state index in [4.69, 9.17) is 5.11 Å². The van der Waals surface area contributed by atoms with Crippen LogP contribution in [0.3, 0.4) is 0 Å². The fourth-order valence-electron chi connectivity index (χ4n) is 2.12. The van der Waals surface area contributed by atoms with Crippen molar-refractivity contribution in [3.8, 4) is 5.69 Å². The summed E-state index contributed by atoms with van der Waals surface area (Å²) >= 11 is 0. The molecule has 8 nitrogen and oxygen atoms in total. The Morgan fingerprint density at radius 3 is 2.26 bits per heavy atom. The van der Waals surface area contributed by atoms with Gasteiger partial charge in [0.1, 0.15) is 0 Å². The molecule has 0 spiro atoms. The lowest BCUT2D eigenvalue weighted by Crippen LogP contribution is -2.30. The monoisotopic (exact) mass is 405 g/mol. The molecule has 0 aliphatic carbocycles. The smallest absolute Gasteiger partial charge is 0.435 e. The Morgan fingerprint density at radius 1 is 1.19 bits per heavy atom. The van der Waals surface area contributed by atoms with Crippen LogP contribution in [0.25, 0.3) is 5.69 Å². The maximum atomic E-state index is 12.7. The van der Waals surface area contributed by atoms with Gasteiger partial charge in [-0.3, -0.25) is 9.59 Å². The van der Waals surface area contributed by atoms with Crippen molar-refractivity contribution < 1.29 is 36.3 Å². The molecule has 1 heterocycles. The molecule has 0 unspecified atom stereocenters. The molecule has 12 heteroatoms. The van der Waals surface area contributed by atoms with E-state index >= 15 is 0 Å². The first-order valence-corrected chi connectivity index (χ1v) is 8.90. The van der Waals surface area contributed by atoms with Crippen LogP contribution in [0.4, 0.5) is 13.2 Å². The van der Waals surface area contributed by atoms with Crippen LogP contribution in [0.2, 0.25) is 0 Å². The lowest BCUT2D eigenvalue weighted by molar-refractivity contribution is -0.141. The second kappa shape index (κ2) is 7.39. The van der Waals surface area contributed by atoms with E-state index in [9.17, 15) is 31.2 Å². The van der Waals surface area contributed by atoms with Crippen molar-refractivity contribution in [3.63, 3.8) is 0 Å². The molecule has 0 saturated heterocycles. The van der Waals surface area contributed by atoms with Gasteiger partial charge in [0.2, 0.25) is 5.91 Å². The zero-order valence-electron chi connectivity index (χ0n) is 13.8. The van der Waals surface area contributed by atoms with E-state index in [0.29, 0.717) is 0 Å². The molecule has 0 radical (unpaired) electrons. The normalized spacial score (nSPS) is 12.0. The van der Waals surface area contributed by atoms with Crippen LogP contribution in [-0.2, 0) is 25.8 Å². The molecule has 146 valence electrons. The number of aliphatic carboxylic acids is 1. The predicted octanol–water partition coefficient (Wildman–Crippen LogP) is 1.87. The van der Waals surface area contributed by atoms with Gasteiger partial charge in [-0.1, -0.05) is 0 Å². The van der Waals surface area contributed by atoms with E-state index in [1.807, 2.05) is 0 Å². The molecule has 1 amide bonds. The molecule has 0 saturated carbocycles. The van der Waals surface area contributed by atoms with Gasteiger partial charge in [-0.15, -0.1) is 0 Å². The number of carboxylic acid groups (broad SMARTS) is 1. The largest absolute Gasteiger partial charge is 0.481 e. The molecule has 0 aliphatic heterocycles. The molecular formula is C15H14F3N3O5S. The summed E-state index contributed by atoms with van der Waals surface area (Å²) in [6, 6.07) is 5.51. The highest BCUT2D eigenvalue weighted by atomic mass is 32.2. The number of hydrogen-bond donors (Lipinski definition) is 2. The molecule has 2 N–H and O–H groups in total. The van der Waals surface area contributed by atoms with Crippen LogP contribution in [0.15, 0.2) is 35.2 Å². The molecule has 0 bridgehead atoms. The molecule has 27 heavy (non-hydrogen) atoms. The van der Waals surface area contributed by atoms with Crippen LogP contribution in [-0.4, -0.2) is 35.2 Å². The SMILES string of the molecule is Cc1cc(C(F)(F)F)nn1-c1ccc(S(=O)(=O)NC(=O)CCC(=O)O)cc1. The minimum atomic E-state index is -4.61. The van der Waals surface area contributed by atoms with Crippen LogP contribution in [0.5, 0.6) is 0 Å². The maximum absolute atomic E-state index is 12.7. The van der Waals surface area contributed by atoms with Crippen LogP contribution in [0.1, 0.15) is 24.2 Å². The van der Waals surface area contributed by atoms with Gasteiger partial charge in [0.05, 0.1) is 17.0 Å². The molecular weight excluding hydrogens is 391 g/mol. The third-order valence-electron chi connectivity index (χ3n) is 3.38. The number of carbonyl (C=O) groups excluding carboxylic acids is 1. The van der Waals surface area contributed by atoms with Crippen molar-refractivity contribution in [2.24, 2.45) is 0 Å². The minimum absolute atomic E-state index is 0.194. The molecule has 0 aliphatic rings. The highest BCUT2D eigenvalue weighted by Crippen LogP contribution is 2.29. The average molecular weight is 405 g/mol. The van der Waals surface area contributed by atoms with E-state index in [2.05, 4.69) is 5.10 Å². The minimum Gasteiger partial charge on any atom is -0.481 e. The number of benzene rings is 1. The van der Waals surface area contributed by atoms with Gasteiger partial charge in [0.25, 0.3) is 10.0 Å². The zero-order valence-corrected chi connectivity index (χ0v) is 14.6. The van der Waals surface area contributed by atoms with Gasteiger partial charge in [-0.2, -0.15) is 18.3 Å². The summed E-state index contributed by atoms with van der Waals surface area (Å²) in [6.07, 6.45) is -5.65. The van der Waals surface area contributed by atoms with Crippen LogP contribution in [0, 0.1) is 6.92 Å². The van der Waals surface area contributed by atoms with E-state index in [1.165, 1.54) is 19.1 Å². The van der Waals surface area contributed by atoms with Gasteiger partial charge in [0, 0.05) is 12.1 Å². The second-order valence-electron chi connectivity index (χ2n) is 5.50. The highest BCUT2D eigenvalue weighted by Gasteiger charge is 2.34. The lowest BCUT2D eigenvalue weighted by Gasteiger charge is -2.08. The van der Waals surface area contributed by atoms with Crippen molar-refractivity contribution in [1.82, 2.24) is 14.5 Å². The Kier molecular flexibility index (Phi) is 5.59. The molecule has 2 aromatic rings.